The summed E-state index contributed by atoms with van der Waals surface area (Å²) in [6, 6.07) is 3.73. The van der Waals surface area contributed by atoms with Crippen molar-refractivity contribution in [2.24, 2.45) is 5.92 Å². The van der Waals surface area contributed by atoms with E-state index in [-0.39, 0.29) is 0 Å². The normalized spacial score (nSPS) is 10.9. The number of hydrogen-bond donors (Lipinski definition) is 1. The molecule has 0 aromatic carbocycles. The molecule has 0 atom stereocenters. The number of ether oxygens (including phenoxy) is 1. The Labute approximate surface area is 109 Å². The summed E-state index contributed by atoms with van der Waals surface area (Å²) >= 11 is 6.07. The van der Waals surface area contributed by atoms with Gasteiger partial charge in [0.05, 0.1) is 17.3 Å². The van der Waals surface area contributed by atoms with Crippen LogP contribution < -0.4 is 5.32 Å². The van der Waals surface area contributed by atoms with Gasteiger partial charge in [0.15, 0.2) is 0 Å². The standard InChI is InChI=1S/C13H21ClN2O/c1-4-15-13-6-5-11(14)12(16-13)9-17-8-7-10(2)3/h5-6,10H,4,7-9H2,1-3H3,(H,15,16). The molecule has 1 N–H and O–H groups in total. The summed E-state index contributed by atoms with van der Waals surface area (Å²) in [7, 11) is 0. The first-order valence-corrected chi connectivity index (χ1v) is 6.48. The van der Waals surface area contributed by atoms with Crippen LogP contribution in [0.2, 0.25) is 5.02 Å². The van der Waals surface area contributed by atoms with Gasteiger partial charge in [-0.15, -0.1) is 0 Å². The zero-order valence-electron chi connectivity index (χ0n) is 10.8. The predicted octanol–water partition coefficient (Wildman–Crippen LogP) is 3.73. The number of nitrogens with one attached hydrogen (secondary N) is 1. The quantitative estimate of drug-likeness (QED) is 0.755. The summed E-state index contributed by atoms with van der Waals surface area (Å²) < 4.78 is 5.57. The second kappa shape index (κ2) is 7.51. The van der Waals surface area contributed by atoms with E-state index in [1.807, 2.05) is 19.1 Å². The van der Waals surface area contributed by atoms with Gasteiger partial charge in [0.1, 0.15) is 5.82 Å². The highest BCUT2D eigenvalue weighted by Gasteiger charge is 2.04. The molecule has 1 aromatic rings. The van der Waals surface area contributed by atoms with Crippen LogP contribution in [-0.4, -0.2) is 18.1 Å². The van der Waals surface area contributed by atoms with Crippen LogP contribution in [0.15, 0.2) is 12.1 Å². The van der Waals surface area contributed by atoms with E-state index in [0.717, 1.165) is 31.1 Å². The van der Waals surface area contributed by atoms with E-state index >= 15 is 0 Å². The first kappa shape index (κ1) is 14.3. The van der Waals surface area contributed by atoms with Gasteiger partial charge in [-0.2, -0.15) is 0 Å². The molecule has 0 saturated heterocycles. The van der Waals surface area contributed by atoms with Crippen molar-refractivity contribution in [1.82, 2.24) is 4.98 Å². The van der Waals surface area contributed by atoms with E-state index in [1.165, 1.54) is 0 Å². The van der Waals surface area contributed by atoms with E-state index in [2.05, 4.69) is 24.1 Å². The van der Waals surface area contributed by atoms with Crippen molar-refractivity contribution in [1.29, 1.82) is 0 Å². The summed E-state index contributed by atoms with van der Waals surface area (Å²) in [6.07, 6.45) is 1.06. The predicted molar refractivity (Wildman–Crippen MR) is 72.5 cm³/mol. The largest absolute Gasteiger partial charge is 0.375 e. The molecule has 3 nitrogen and oxygen atoms in total. The van der Waals surface area contributed by atoms with Crippen molar-refractivity contribution in [3.05, 3.63) is 22.8 Å². The fourth-order valence-corrected chi connectivity index (χ4v) is 1.51. The first-order valence-electron chi connectivity index (χ1n) is 6.10. The molecule has 0 fully saturated rings. The van der Waals surface area contributed by atoms with Crippen LogP contribution in [0.4, 0.5) is 5.82 Å². The van der Waals surface area contributed by atoms with Gasteiger partial charge in [0.25, 0.3) is 0 Å². The van der Waals surface area contributed by atoms with Crippen molar-refractivity contribution >= 4 is 17.4 Å². The minimum atomic E-state index is 0.477. The average molecular weight is 257 g/mol. The molecule has 0 amide bonds. The third kappa shape index (κ3) is 5.37. The molecule has 1 aromatic heterocycles. The van der Waals surface area contributed by atoms with Crippen molar-refractivity contribution in [3.63, 3.8) is 0 Å². The molecule has 4 heteroatoms. The molecule has 0 radical (unpaired) electrons. The number of hydrogen-bond acceptors (Lipinski definition) is 3. The summed E-state index contributed by atoms with van der Waals surface area (Å²) in [5, 5.41) is 3.82. The topological polar surface area (TPSA) is 34.1 Å². The van der Waals surface area contributed by atoms with Gasteiger partial charge in [-0.1, -0.05) is 25.4 Å². The first-order chi connectivity index (χ1) is 8.13. The van der Waals surface area contributed by atoms with Gasteiger partial charge in [0.2, 0.25) is 0 Å². The Morgan fingerprint density at radius 3 is 2.82 bits per heavy atom. The third-order valence-corrected chi connectivity index (χ3v) is 2.70. The molecule has 0 saturated carbocycles. The number of rotatable bonds is 7. The Bertz CT molecular complexity index is 342. The smallest absolute Gasteiger partial charge is 0.126 e. The number of aromatic nitrogens is 1. The highest BCUT2D eigenvalue weighted by molar-refractivity contribution is 6.31. The van der Waals surface area contributed by atoms with Crippen molar-refractivity contribution < 1.29 is 4.74 Å². The van der Waals surface area contributed by atoms with Gasteiger partial charge in [-0.3, -0.25) is 0 Å². The van der Waals surface area contributed by atoms with Gasteiger partial charge in [-0.25, -0.2) is 4.98 Å². The molecular formula is C13H21ClN2O. The molecule has 0 aliphatic heterocycles. The Kier molecular flexibility index (Phi) is 6.30. The van der Waals surface area contributed by atoms with Crippen LogP contribution in [0.1, 0.15) is 32.9 Å². The second-order valence-electron chi connectivity index (χ2n) is 4.39. The average Bonchev–Trinajstić information content (AvgIpc) is 2.28. The van der Waals surface area contributed by atoms with Crippen molar-refractivity contribution in [3.8, 4) is 0 Å². The maximum atomic E-state index is 6.07. The Hall–Kier alpha value is -0.800. The lowest BCUT2D eigenvalue weighted by atomic mass is 10.1. The van der Waals surface area contributed by atoms with E-state index in [9.17, 15) is 0 Å². The number of halogens is 1. The lowest BCUT2D eigenvalue weighted by Gasteiger charge is -2.09. The molecule has 0 unspecified atom stereocenters. The minimum absolute atomic E-state index is 0.477. The van der Waals surface area contributed by atoms with E-state index in [4.69, 9.17) is 16.3 Å². The van der Waals surface area contributed by atoms with Crippen molar-refractivity contribution in [2.75, 3.05) is 18.5 Å². The van der Waals surface area contributed by atoms with E-state index in [0.29, 0.717) is 17.5 Å². The van der Waals surface area contributed by atoms with Crippen LogP contribution in [0.3, 0.4) is 0 Å². The Balaban J connectivity index is 2.48. The summed E-state index contributed by atoms with van der Waals surface area (Å²) in [5.41, 5.74) is 0.800. The van der Waals surface area contributed by atoms with E-state index in [1.54, 1.807) is 0 Å². The molecule has 1 rings (SSSR count). The number of nitrogens with zero attached hydrogens (tertiary/aromatic N) is 1. The SMILES string of the molecule is CCNc1ccc(Cl)c(COCCC(C)C)n1. The van der Waals surface area contributed by atoms with Crippen LogP contribution in [0, 0.1) is 5.92 Å². The third-order valence-electron chi connectivity index (χ3n) is 2.35. The van der Waals surface area contributed by atoms with Crippen LogP contribution in [0.5, 0.6) is 0 Å². The van der Waals surface area contributed by atoms with Gasteiger partial charge in [-0.05, 0) is 31.4 Å². The molecule has 0 aliphatic rings. The number of anilines is 1. The van der Waals surface area contributed by atoms with Crippen LogP contribution in [0.25, 0.3) is 0 Å². The van der Waals surface area contributed by atoms with Crippen LogP contribution >= 0.6 is 11.6 Å². The fraction of sp³-hybridized carbons (Fsp3) is 0.615. The highest BCUT2D eigenvalue weighted by Crippen LogP contribution is 2.17. The van der Waals surface area contributed by atoms with Gasteiger partial charge in [0, 0.05) is 13.2 Å². The maximum absolute atomic E-state index is 6.07. The highest BCUT2D eigenvalue weighted by atomic mass is 35.5. The lowest BCUT2D eigenvalue weighted by Crippen LogP contribution is -2.04. The van der Waals surface area contributed by atoms with Crippen molar-refractivity contribution in [2.45, 2.75) is 33.8 Å². The summed E-state index contributed by atoms with van der Waals surface area (Å²) in [4.78, 5) is 4.41. The minimum Gasteiger partial charge on any atom is -0.375 e. The maximum Gasteiger partial charge on any atom is 0.126 e. The van der Waals surface area contributed by atoms with E-state index < -0.39 is 0 Å². The van der Waals surface area contributed by atoms with Crippen LogP contribution in [-0.2, 0) is 11.3 Å². The molecular weight excluding hydrogens is 236 g/mol. The summed E-state index contributed by atoms with van der Waals surface area (Å²) in [6.45, 7) is 8.48. The monoisotopic (exact) mass is 256 g/mol. The molecule has 96 valence electrons. The van der Waals surface area contributed by atoms with Gasteiger partial charge < -0.3 is 10.1 Å². The molecule has 0 spiro atoms. The molecule has 0 aliphatic carbocycles. The number of pyridine rings is 1. The van der Waals surface area contributed by atoms with Gasteiger partial charge >= 0.3 is 0 Å². The Morgan fingerprint density at radius 1 is 1.41 bits per heavy atom. The Morgan fingerprint density at radius 2 is 2.18 bits per heavy atom. The second-order valence-corrected chi connectivity index (χ2v) is 4.80. The molecule has 0 bridgehead atoms. The fourth-order valence-electron chi connectivity index (χ4n) is 1.35. The zero-order chi connectivity index (χ0) is 12.7. The lowest BCUT2D eigenvalue weighted by molar-refractivity contribution is 0.108. The zero-order valence-corrected chi connectivity index (χ0v) is 11.5. The molecule has 17 heavy (non-hydrogen) atoms. The summed E-state index contributed by atoms with van der Waals surface area (Å²) in [5.74, 6) is 1.51. The molecule has 1 heterocycles.